The lowest BCUT2D eigenvalue weighted by Crippen LogP contribution is -2.12. The van der Waals surface area contributed by atoms with Crippen LogP contribution in [0.15, 0.2) is 60.7 Å². The molecule has 0 aliphatic carbocycles. The van der Waals surface area contributed by atoms with Gasteiger partial charge >= 0.3 is 0 Å². The van der Waals surface area contributed by atoms with Crippen molar-refractivity contribution >= 4 is 22.6 Å². The monoisotopic (exact) mass is 340 g/mol. The largest absolute Gasteiger partial charge is 0.456 e. The summed E-state index contributed by atoms with van der Waals surface area (Å²) in [5.41, 5.74) is 1.14. The van der Waals surface area contributed by atoms with E-state index in [1.807, 2.05) is 60.7 Å². The highest BCUT2D eigenvalue weighted by molar-refractivity contribution is 14.1. The summed E-state index contributed by atoms with van der Waals surface area (Å²) in [4.78, 5) is 0. The summed E-state index contributed by atoms with van der Waals surface area (Å²) in [7, 11) is 0. The number of hydrogen-bond donors (Lipinski definition) is 0. The molecule has 1 unspecified atom stereocenters. The number of alkyl halides is 1. The van der Waals surface area contributed by atoms with Gasteiger partial charge < -0.3 is 9.47 Å². The molecule has 0 bridgehead atoms. The van der Waals surface area contributed by atoms with Crippen molar-refractivity contribution in [2.75, 3.05) is 0 Å². The minimum atomic E-state index is -0.282. The topological polar surface area (TPSA) is 18.5 Å². The van der Waals surface area contributed by atoms with Crippen molar-refractivity contribution in [2.24, 2.45) is 0 Å². The van der Waals surface area contributed by atoms with E-state index in [1.54, 1.807) is 0 Å². The molecule has 0 amide bonds. The Morgan fingerprint density at radius 1 is 0.882 bits per heavy atom. The zero-order chi connectivity index (χ0) is 11.9. The molecule has 2 rings (SSSR count). The number of ether oxygens (including phenoxy) is 2. The first-order chi connectivity index (χ1) is 8.34. The van der Waals surface area contributed by atoms with Crippen LogP contribution in [0.5, 0.6) is 5.75 Å². The van der Waals surface area contributed by atoms with E-state index in [0.717, 1.165) is 11.3 Å². The molecule has 0 aliphatic heterocycles. The van der Waals surface area contributed by atoms with Gasteiger partial charge in [-0.05, 0) is 40.3 Å². The second kappa shape index (κ2) is 6.61. The summed E-state index contributed by atoms with van der Waals surface area (Å²) < 4.78 is 10.9. The molecule has 1 atom stereocenters. The molecule has 17 heavy (non-hydrogen) atoms. The van der Waals surface area contributed by atoms with E-state index in [-0.39, 0.29) is 4.30 Å². The fourth-order valence-corrected chi connectivity index (χ4v) is 1.85. The summed E-state index contributed by atoms with van der Waals surface area (Å²) in [6, 6.07) is 19.7. The van der Waals surface area contributed by atoms with Crippen LogP contribution in [0.3, 0.4) is 0 Å². The van der Waals surface area contributed by atoms with Crippen molar-refractivity contribution in [1.82, 2.24) is 0 Å². The first-order valence-corrected chi connectivity index (χ1v) is 6.60. The smallest absolute Gasteiger partial charge is 0.252 e. The molecule has 2 aromatic rings. The van der Waals surface area contributed by atoms with Crippen molar-refractivity contribution in [3.8, 4) is 5.75 Å². The Hall–Kier alpha value is -1.07. The average molecular weight is 340 g/mol. The van der Waals surface area contributed by atoms with Gasteiger partial charge in [0, 0.05) is 0 Å². The molecule has 0 aliphatic rings. The van der Waals surface area contributed by atoms with Gasteiger partial charge in [-0.25, -0.2) is 0 Å². The van der Waals surface area contributed by atoms with Gasteiger partial charge in [0.25, 0.3) is 4.30 Å². The Bertz CT molecular complexity index is 430. The first-order valence-electron chi connectivity index (χ1n) is 5.36. The molecule has 3 heteroatoms. The highest BCUT2D eigenvalue weighted by Crippen LogP contribution is 2.16. The second-order valence-corrected chi connectivity index (χ2v) is 4.52. The van der Waals surface area contributed by atoms with Crippen LogP contribution in [-0.4, -0.2) is 4.30 Å². The predicted octanol–water partition coefficient (Wildman–Crippen LogP) is 4.00. The Morgan fingerprint density at radius 3 is 2.12 bits per heavy atom. The average Bonchev–Trinajstić information content (AvgIpc) is 2.39. The summed E-state index contributed by atoms with van der Waals surface area (Å²) in [5, 5.41) is 0. The normalized spacial score (nSPS) is 12.1. The number of hydrogen-bond acceptors (Lipinski definition) is 2. The Balaban J connectivity index is 1.80. The highest BCUT2D eigenvalue weighted by atomic mass is 127. The number of benzene rings is 2. The predicted molar refractivity (Wildman–Crippen MR) is 76.1 cm³/mol. The zero-order valence-corrected chi connectivity index (χ0v) is 11.4. The summed E-state index contributed by atoms with van der Waals surface area (Å²) in [5.74, 6) is 0.819. The third-order valence-corrected chi connectivity index (χ3v) is 2.81. The van der Waals surface area contributed by atoms with Gasteiger partial charge in [-0.2, -0.15) is 0 Å². The number of rotatable bonds is 5. The van der Waals surface area contributed by atoms with E-state index in [4.69, 9.17) is 9.47 Å². The minimum Gasteiger partial charge on any atom is -0.456 e. The fraction of sp³-hybridized carbons (Fsp3) is 0.143. The molecule has 0 spiro atoms. The summed E-state index contributed by atoms with van der Waals surface area (Å²) in [6.07, 6.45) is 0. The Kier molecular flexibility index (Phi) is 4.82. The lowest BCUT2D eigenvalue weighted by atomic mass is 10.2. The Labute approximate surface area is 115 Å². The van der Waals surface area contributed by atoms with Crippen LogP contribution in [0.2, 0.25) is 0 Å². The molecule has 0 aromatic heterocycles. The summed E-state index contributed by atoms with van der Waals surface area (Å²) >= 11 is 2.13. The molecule has 0 heterocycles. The van der Waals surface area contributed by atoms with Crippen LogP contribution in [-0.2, 0) is 11.3 Å². The van der Waals surface area contributed by atoms with E-state index in [0.29, 0.717) is 6.61 Å². The molecule has 2 aromatic carbocycles. The molecule has 0 saturated carbocycles. The first kappa shape index (κ1) is 12.4. The molecule has 0 radical (unpaired) electrons. The van der Waals surface area contributed by atoms with Gasteiger partial charge in [0.15, 0.2) is 0 Å². The summed E-state index contributed by atoms with van der Waals surface area (Å²) in [6.45, 7) is 0.557. The van der Waals surface area contributed by atoms with E-state index in [1.165, 1.54) is 0 Å². The molecule has 0 N–H and O–H groups in total. The van der Waals surface area contributed by atoms with Crippen LogP contribution >= 0.6 is 22.6 Å². The van der Waals surface area contributed by atoms with Crippen LogP contribution in [0.1, 0.15) is 5.56 Å². The molecule has 0 fully saturated rings. The maximum Gasteiger partial charge on any atom is 0.252 e. The molecule has 2 nitrogen and oxygen atoms in total. The van der Waals surface area contributed by atoms with Crippen molar-refractivity contribution < 1.29 is 9.47 Å². The molecule has 88 valence electrons. The van der Waals surface area contributed by atoms with Crippen molar-refractivity contribution in [1.29, 1.82) is 0 Å². The zero-order valence-electron chi connectivity index (χ0n) is 9.25. The quantitative estimate of drug-likeness (QED) is 0.465. The minimum absolute atomic E-state index is 0.282. The maximum atomic E-state index is 5.60. The van der Waals surface area contributed by atoms with Crippen LogP contribution < -0.4 is 4.74 Å². The lowest BCUT2D eigenvalue weighted by Gasteiger charge is -2.13. The van der Waals surface area contributed by atoms with Crippen LogP contribution in [0, 0.1) is 0 Å². The number of para-hydroxylation sites is 1. The fourth-order valence-electron chi connectivity index (χ4n) is 1.38. The van der Waals surface area contributed by atoms with E-state index in [9.17, 15) is 0 Å². The van der Waals surface area contributed by atoms with Crippen molar-refractivity contribution in [3.63, 3.8) is 0 Å². The molecular weight excluding hydrogens is 327 g/mol. The lowest BCUT2D eigenvalue weighted by molar-refractivity contribution is -0.0118. The maximum absolute atomic E-state index is 5.60. The SMILES string of the molecule is IC(OCc1ccccc1)Oc1ccccc1. The van der Waals surface area contributed by atoms with E-state index >= 15 is 0 Å². The van der Waals surface area contributed by atoms with Gasteiger partial charge in [0.05, 0.1) is 6.61 Å². The Morgan fingerprint density at radius 2 is 1.47 bits per heavy atom. The van der Waals surface area contributed by atoms with Crippen LogP contribution in [0.25, 0.3) is 0 Å². The third-order valence-electron chi connectivity index (χ3n) is 2.20. The second-order valence-electron chi connectivity index (χ2n) is 3.50. The van der Waals surface area contributed by atoms with Gasteiger partial charge in [-0.15, -0.1) is 0 Å². The van der Waals surface area contributed by atoms with E-state index < -0.39 is 0 Å². The third kappa shape index (κ3) is 4.36. The van der Waals surface area contributed by atoms with Crippen LogP contribution in [0.4, 0.5) is 0 Å². The van der Waals surface area contributed by atoms with Crippen molar-refractivity contribution in [3.05, 3.63) is 66.2 Å². The van der Waals surface area contributed by atoms with Gasteiger partial charge in [-0.3, -0.25) is 0 Å². The highest BCUT2D eigenvalue weighted by Gasteiger charge is 2.05. The number of halogens is 1. The van der Waals surface area contributed by atoms with Crippen molar-refractivity contribution in [2.45, 2.75) is 10.9 Å². The van der Waals surface area contributed by atoms with Gasteiger partial charge in [0.1, 0.15) is 5.75 Å². The standard InChI is InChI=1S/C14H13IO2/c15-14(17-13-9-5-2-6-10-13)16-11-12-7-3-1-4-8-12/h1-10,14H,11H2. The molecule has 0 saturated heterocycles. The van der Waals surface area contributed by atoms with Gasteiger partial charge in [0.2, 0.25) is 0 Å². The van der Waals surface area contributed by atoms with Gasteiger partial charge in [-0.1, -0.05) is 48.5 Å². The van der Waals surface area contributed by atoms with E-state index in [2.05, 4.69) is 22.6 Å². The molecular formula is C14H13IO2.